The molecule has 146 valence electrons. The SMILES string of the molecule is COc1ccc(CCNc2nccn(-c3ccc(C)c(Cl)c3)c2=O)cc1OC. The summed E-state index contributed by atoms with van der Waals surface area (Å²) in [5, 5.41) is 3.73. The Morgan fingerprint density at radius 1 is 1.11 bits per heavy atom. The second-order valence-electron chi connectivity index (χ2n) is 6.25. The monoisotopic (exact) mass is 399 g/mol. The lowest BCUT2D eigenvalue weighted by molar-refractivity contribution is 0.354. The molecule has 0 aliphatic carbocycles. The van der Waals surface area contributed by atoms with Crippen molar-refractivity contribution in [3.8, 4) is 17.2 Å². The molecular formula is C21H22ClN3O3. The molecule has 28 heavy (non-hydrogen) atoms. The van der Waals surface area contributed by atoms with Crippen LogP contribution < -0.4 is 20.3 Å². The van der Waals surface area contributed by atoms with Gasteiger partial charge in [-0.05, 0) is 48.7 Å². The quantitative estimate of drug-likeness (QED) is 0.653. The van der Waals surface area contributed by atoms with Crippen LogP contribution in [-0.4, -0.2) is 30.3 Å². The molecule has 0 aliphatic heterocycles. The second-order valence-corrected chi connectivity index (χ2v) is 6.66. The Morgan fingerprint density at radius 3 is 2.61 bits per heavy atom. The number of rotatable bonds is 7. The summed E-state index contributed by atoms with van der Waals surface area (Å²) in [6.45, 7) is 2.47. The molecule has 0 unspecified atom stereocenters. The lowest BCUT2D eigenvalue weighted by atomic mass is 10.1. The number of aromatic nitrogens is 2. The van der Waals surface area contributed by atoms with Crippen LogP contribution in [0.2, 0.25) is 5.02 Å². The number of aryl methyl sites for hydroxylation is 1. The first-order valence-corrected chi connectivity index (χ1v) is 9.20. The summed E-state index contributed by atoms with van der Waals surface area (Å²) in [6, 6.07) is 11.3. The van der Waals surface area contributed by atoms with E-state index in [-0.39, 0.29) is 5.56 Å². The van der Waals surface area contributed by atoms with Crippen molar-refractivity contribution in [1.29, 1.82) is 0 Å². The van der Waals surface area contributed by atoms with Gasteiger partial charge in [0.15, 0.2) is 17.3 Å². The average molecular weight is 400 g/mol. The molecule has 3 rings (SSSR count). The Bertz CT molecular complexity index is 1030. The summed E-state index contributed by atoms with van der Waals surface area (Å²) in [5.41, 5.74) is 2.49. The standard InChI is InChI=1S/C21H22ClN3O3/c1-14-4-6-16(13-17(14)22)25-11-10-24-20(21(25)26)23-9-8-15-5-7-18(27-2)19(12-15)28-3/h4-7,10-13H,8-9H2,1-3H3,(H,23,24). The minimum absolute atomic E-state index is 0.227. The molecule has 1 heterocycles. The van der Waals surface area contributed by atoms with Crippen LogP contribution in [0.5, 0.6) is 11.5 Å². The van der Waals surface area contributed by atoms with Gasteiger partial charge in [-0.15, -0.1) is 0 Å². The van der Waals surface area contributed by atoms with Crippen molar-refractivity contribution in [3.05, 3.63) is 75.3 Å². The first kappa shape index (κ1) is 19.8. The number of ether oxygens (including phenoxy) is 2. The molecule has 0 spiro atoms. The van der Waals surface area contributed by atoms with Gasteiger partial charge in [0.25, 0.3) is 5.56 Å². The van der Waals surface area contributed by atoms with E-state index in [1.54, 1.807) is 32.7 Å². The maximum atomic E-state index is 12.8. The zero-order valence-corrected chi connectivity index (χ0v) is 16.8. The first-order chi connectivity index (χ1) is 13.5. The molecule has 0 saturated heterocycles. The maximum Gasteiger partial charge on any atom is 0.297 e. The lowest BCUT2D eigenvalue weighted by Gasteiger charge is -2.11. The highest BCUT2D eigenvalue weighted by molar-refractivity contribution is 6.31. The Kier molecular flexibility index (Phi) is 6.21. The fourth-order valence-corrected chi connectivity index (χ4v) is 3.00. The van der Waals surface area contributed by atoms with E-state index in [1.165, 1.54) is 4.57 Å². The summed E-state index contributed by atoms with van der Waals surface area (Å²) in [5.74, 6) is 1.65. The van der Waals surface area contributed by atoms with Crippen molar-refractivity contribution in [2.45, 2.75) is 13.3 Å². The van der Waals surface area contributed by atoms with Gasteiger partial charge in [-0.1, -0.05) is 23.7 Å². The predicted molar refractivity (Wildman–Crippen MR) is 111 cm³/mol. The van der Waals surface area contributed by atoms with Gasteiger partial charge in [0, 0.05) is 24.0 Å². The third kappa shape index (κ3) is 4.28. The van der Waals surface area contributed by atoms with E-state index in [2.05, 4.69) is 10.3 Å². The molecule has 1 N–H and O–H groups in total. The molecule has 0 bridgehead atoms. The third-order valence-corrected chi connectivity index (χ3v) is 4.84. The summed E-state index contributed by atoms with van der Waals surface area (Å²) in [6.07, 6.45) is 3.92. The average Bonchev–Trinajstić information content (AvgIpc) is 2.71. The molecule has 0 aliphatic rings. The molecule has 2 aromatic carbocycles. The number of benzene rings is 2. The van der Waals surface area contributed by atoms with Crippen LogP contribution in [-0.2, 0) is 6.42 Å². The highest BCUT2D eigenvalue weighted by atomic mass is 35.5. The number of halogens is 1. The molecule has 0 atom stereocenters. The number of anilines is 1. The normalized spacial score (nSPS) is 10.6. The zero-order chi connectivity index (χ0) is 20.1. The molecular weight excluding hydrogens is 378 g/mol. The summed E-state index contributed by atoms with van der Waals surface area (Å²) >= 11 is 6.19. The van der Waals surface area contributed by atoms with Crippen molar-refractivity contribution in [3.63, 3.8) is 0 Å². The van der Waals surface area contributed by atoms with Gasteiger partial charge in [0.05, 0.1) is 19.9 Å². The summed E-state index contributed by atoms with van der Waals surface area (Å²) in [7, 11) is 3.21. The van der Waals surface area contributed by atoms with Gasteiger partial charge in [0.1, 0.15) is 0 Å². The van der Waals surface area contributed by atoms with Gasteiger partial charge in [0.2, 0.25) is 0 Å². The van der Waals surface area contributed by atoms with Crippen LogP contribution in [0.3, 0.4) is 0 Å². The fourth-order valence-electron chi connectivity index (χ4n) is 2.83. The highest BCUT2D eigenvalue weighted by Gasteiger charge is 2.08. The number of hydrogen-bond acceptors (Lipinski definition) is 5. The Balaban J connectivity index is 1.73. The molecule has 3 aromatic rings. The molecule has 0 amide bonds. The van der Waals surface area contributed by atoms with E-state index in [9.17, 15) is 4.79 Å². The Labute approximate surface area is 168 Å². The first-order valence-electron chi connectivity index (χ1n) is 8.82. The number of hydrogen-bond donors (Lipinski definition) is 1. The van der Waals surface area contributed by atoms with Crippen LogP contribution in [0.4, 0.5) is 5.82 Å². The van der Waals surface area contributed by atoms with Crippen molar-refractivity contribution < 1.29 is 9.47 Å². The Hall–Kier alpha value is -2.99. The van der Waals surface area contributed by atoms with Gasteiger partial charge in [-0.25, -0.2) is 4.98 Å². The van der Waals surface area contributed by atoms with E-state index in [0.29, 0.717) is 41.0 Å². The van der Waals surface area contributed by atoms with Crippen molar-refractivity contribution in [1.82, 2.24) is 9.55 Å². The minimum Gasteiger partial charge on any atom is -0.493 e. The number of nitrogens with zero attached hydrogens (tertiary/aromatic N) is 2. The van der Waals surface area contributed by atoms with Gasteiger partial charge >= 0.3 is 0 Å². The van der Waals surface area contributed by atoms with Crippen LogP contribution in [0.15, 0.2) is 53.6 Å². The summed E-state index contributed by atoms with van der Waals surface area (Å²) in [4.78, 5) is 16.9. The zero-order valence-electron chi connectivity index (χ0n) is 16.0. The van der Waals surface area contributed by atoms with E-state index < -0.39 is 0 Å². The van der Waals surface area contributed by atoms with E-state index in [0.717, 1.165) is 11.1 Å². The lowest BCUT2D eigenvalue weighted by Crippen LogP contribution is -2.24. The van der Waals surface area contributed by atoms with Crippen molar-refractivity contribution >= 4 is 17.4 Å². The molecule has 0 saturated carbocycles. The predicted octanol–water partition coefficient (Wildman–Crippen LogP) is 3.87. The summed E-state index contributed by atoms with van der Waals surface area (Å²) < 4.78 is 12.1. The number of nitrogens with one attached hydrogen (secondary N) is 1. The van der Waals surface area contributed by atoms with Gasteiger partial charge in [-0.2, -0.15) is 0 Å². The van der Waals surface area contributed by atoms with Crippen LogP contribution >= 0.6 is 11.6 Å². The molecule has 0 radical (unpaired) electrons. The van der Waals surface area contributed by atoms with Crippen LogP contribution in [0.1, 0.15) is 11.1 Å². The fraction of sp³-hybridized carbons (Fsp3) is 0.238. The molecule has 0 fully saturated rings. The smallest absolute Gasteiger partial charge is 0.297 e. The van der Waals surface area contributed by atoms with E-state index >= 15 is 0 Å². The van der Waals surface area contributed by atoms with Gasteiger partial charge < -0.3 is 14.8 Å². The van der Waals surface area contributed by atoms with Crippen LogP contribution in [0, 0.1) is 6.92 Å². The second kappa shape index (κ2) is 8.80. The van der Waals surface area contributed by atoms with E-state index in [4.69, 9.17) is 21.1 Å². The van der Waals surface area contributed by atoms with Gasteiger partial charge in [-0.3, -0.25) is 9.36 Å². The van der Waals surface area contributed by atoms with Crippen molar-refractivity contribution in [2.24, 2.45) is 0 Å². The number of methoxy groups -OCH3 is 2. The molecule has 1 aromatic heterocycles. The molecule has 6 nitrogen and oxygen atoms in total. The molecule has 7 heteroatoms. The minimum atomic E-state index is -0.227. The largest absolute Gasteiger partial charge is 0.493 e. The topological polar surface area (TPSA) is 65.4 Å². The highest BCUT2D eigenvalue weighted by Crippen LogP contribution is 2.27. The Morgan fingerprint density at radius 2 is 1.89 bits per heavy atom. The van der Waals surface area contributed by atoms with Crippen LogP contribution in [0.25, 0.3) is 5.69 Å². The van der Waals surface area contributed by atoms with E-state index in [1.807, 2.05) is 37.3 Å². The third-order valence-electron chi connectivity index (χ3n) is 4.43. The van der Waals surface area contributed by atoms with Crippen molar-refractivity contribution in [2.75, 3.05) is 26.1 Å². The maximum absolute atomic E-state index is 12.8.